The molecule has 0 spiro atoms. The maximum absolute atomic E-state index is 10.2. The van der Waals surface area contributed by atoms with E-state index < -0.39 is 6.10 Å². The summed E-state index contributed by atoms with van der Waals surface area (Å²) in [7, 11) is 0. The third-order valence-corrected chi connectivity index (χ3v) is 6.08. The van der Waals surface area contributed by atoms with Crippen molar-refractivity contribution in [3.05, 3.63) is 58.7 Å². The predicted molar refractivity (Wildman–Crippen MR) is 131 cm³/mol. The monoisotopic (exact) mass is 432 g/mol. The van der Waals surface area contributed by atoms with Crippen molar-refractivity contribution in [3.63, 3.8) is 0 Å². The Morgan fingerprint density at radius 2 is 1.40 bits per heavy atom. The minimum absolute atomic E-state index is 0.104. The van der Waals surface area contributed by atoms with E-state index in [1.165, 1.54) is 11.1 Å². The largest absolute Gasteiger partial charge is 0.508 e. The Hall–Kier alpha value is -1.65. The summed E-state index contributed by atoms with van der Waals surface area (Å²) in [5, 5.41) is 20.2. The number of hydrogen-bond acceptors (Lipinski definition) is 4. The van der Waals surface area contributed by atoms with Crippen LogP contribution in [0.2, 0.25) is 0 Å². The summed E-state index contributed by atoms with van der Waals surface area (Å²) in [6.45, 7) is 14.7. The summed E-state index contributed by atoms with van der Waals surface area (Å²) in [5.41, 5.74) is 4.14. The van der Waals surface area contributed by atoms with Crippen LogP contribution in [-0.2, 0) is 5.41 Å². The average molecular weight is 433 g/mol. The van der Waals surface area contributed by atoms with Crippen molar-refractivity contribution in [1.82, 2.24) is 0 Å². The summed E-state index contributed by atoms with van der Waals surface area (Å²) in [5.74, 6) is 1.15. The quantitative estimate of drug-likeness (QED) is 0.441. The van der Waals surface area contributed by atoms with Crippen molar-refractivity contribution in [2.24, 2.45) is 5.41 Å². The van der Waals surface area contributed by atoms with E-state index in [9.17, 15) is 10.2 Å². The SMILES string of the molecule is CCC(CC)(c1ccc(O)c(C)c1)c1ccc(OCC(O)C(C)(C)C)c(C)c1.CS. The van der Waals surface area contributed by atoms with Gasteiger partial charge in [-0.3, -0.25) is 0 Å². The molecule has 0 aliphatic heterocycles. The molecule has 0 saturated heterocycles. The first-order valence-corrected chi connectivity index (χ1v) is 11.6. The number of thiol groups is 1. The third kappa shape index (κ3) is 5.95. The molecule has 0 saturated carbocycles. The topological polar surface area (TPSA) is 49.7 Å². The molecule has 3 nitrogen and oxygen atoms in total. The van der Waals surface area contributed by atoms with Gasteiger partial charge in [0.1, 0.15) is 18.1 Å². The molecule has 1 unspecified atom stereocenters. The lowest BCUT2D eigenvalue weighted by atomic mass is 9.70. The molecule has 2 aromatic rings. The Kier molecular flexibility index (Phi) is 9.77. The first-order valence-electron chi connectivity index (χ1n) is 10.7. The molecule has 0 bridgehead atoms. The number of aliphatic hydroxyl groups is 1. The van der Waals surface area contributed by atoms with Crippen LogP contribution in [0.15, 0.2) is 36.4 Å². The highest BCUT2D eigenvalue weighted by Gasteiger charge is 2.31. The summed E-state index contributed by atoms with van der Waals surface area (Å²) in [6, 6.07) is 12.3. The standard InChI is InChI=1S/C25H36O3.CH4S/c1-8-25(9-2,19-10-12-21(26)17(3)14-19)20-11-13-22(18(4)15-20)28-16-23(27)24(5,6)7;1-2/h10-15,23,26-27H,8-9,16H2,1-7H3;2H,1H3. The second-order valence-electron chi connectivity index (χ2n) is 8.96. The fraction of sp³-hybridized carbons (Fsp3) is 0.538. The van der Waals surface area contributed by atoms with Gasteiger partial charge in [-0.25, -0.2) is 0 Å². The molecule has 0 radical (unpaired) electrons. The van der Waals surface area contributed by atoms with Crippen LogP contribution < -0.4 is 4.74 Å². The summed E-state index contributed by atoms with van der Waals surface area (Å²) < 4.78 is 5.92. The van der Waals surface area contributed by atoms with Crippen molar-refractivity contribution in [1.29, 1.82) is 0 Å². The average Bonchev–Trinajstić information content (AvgIpc) is 2.71. The van der Waals surface area contributed by atoms with Crippen LogP contribution in [0.4, 0.5) is 0 Å². The van der Waals surface area contributed by atoms with E-state index in [0.717, 1.165) is 29.7 Å². The van der Waals surface area contributed by atoms with Crippen LogP contribution in [0.5, 0.6) is 11.5 Å². The molecule has 0 heterocycles. The molecular weight excluding hydrogens is 392 g/mol. The van der Waals surface area contributed by atoms with E-state index >= 15 is 0 Å². The van der Waals surface area contributed by atoms with Crippen molar-refractivity contribution in [3.8, 4) is 11.5 Å². The highest BCUT2D eigenvalue weighted by molar-refractivity contribution is 7.79. The second kappa shape index (κ2) is 11.1. The van der Waals surface area contributed by atoms with E-state index in [1.54, 1.807) is 12.3 Å². The molecule has 0 amide bonds. The highest BCUT2D eigenvalue weighted by Crippen LogP contribution is 2.41. The molecule has 1 atom stereocenters. The summed E-state index contributed by atoms with van der Waals surface area (Å²) in [6.07, 6.45) is 3.11. The number of rotatable bonds is 7. The second-order valence-corrected chi connectivity index (χ2v) is 8.96. The van der Waals surface area contributed by atoms with Crippen molar-refractivity contribution < 1.29 is 14.9 Å². The minimum Gasteiger partial charge on any atom is -0.508 e. The van der Waals surface area contributed by atoms with E-state index in [-0.39, 0.29) is 17.4 Å². The van der Waals surface area contributed by atoms with Gasteiger partial charge < -0.3 is 14.9 Å². The molecule has 4 heteroatoms. The predicted octanol–water partition coefficient (Wildman–Crippen LogP) is 6.45. The number of hydrogen-bond donors (Lipinski definition) is 3. The van der Waals surface area contributed by atoms with Gasteiger partial charge >= 0.3 is 0 Å². The Morgan fingerprint density at radius 3 is 1.83 bits per heavy atom. The lowest BCUT2D eigenvalue weighted by molar-refractivity contribution is 0.0216. The van der Waals surface area contributed by atoms with Crippen LogP contribution in [-0.4, -0.2) is 29.2 Å². The zero-order chi connectivity index (χ0) is 23.1. The molecule has 168 valence electrons. The number of aromatic hydroxyl groups is 1. The molecule has 0 aliphatic rings. The smallest absolute Gasteiger partial charge is 0.122 e. The number of phenols is 1. The Morgan fingerprint density at radius 1 is 0.900 bits per heavy atom. The lowest BCUT2D eigenvalue weighted by Crippen LogP contribution is -2.32. The van der Waals surface area contributed by atoms with Crippen molar-refractivity contribution in [2.45, 2.75) is 72.8 Å². The van der Waals surface area contributed by atoms with E-state index in [4.69, 9.17) is 4.74 Å². The first kappa shape index (κ1) is 26.4. The molecule has 2 aromatic carbocycles. The van der Waals surface area contributed by atoms with E-state index in [1.807, 2.05) is 39.8 Å². The fourth-order valence-electron chi connectivity index (χ4n) is 3.71. The Balaban J connectivity index is 0.00000218. The Labute approximate surface area is 188 Å². The number of aryl methyl sites for hydroxylation is 2. The molecule has 0 fully saturated rings. The zero-order valence-electron chi connectivity index (χ0n) is 19.9. The van der Waals surface area contributed by atoms with Gasteiger partial charge in [0.05, 0.1) is 6.10 Å². The molecule has 0 aromatic heterocycles. The molecule has 2 N–H and O–H groups in total. The van der Waals surface area contributed by atoms with Crippen LogP contribution >= 0.6 is 12.6 Å². The maximum atomic E-state index is 10.2. The van der Waals surface area contributed by atoms with Crippen LogP contribution in [0.3, 0.4) is 0 Å². The fourth-order valence-corrected chi connectivity index (χ4v) is 3.71. The highest BCUT2D eigenvalue weighted by atomic mass is 32.1. The maximum Gasteiger partial charge on any atom is 0.122 e. The number of phenolic OH excluding ortho intramolecular Hbond substituents is 1. The van der Waals surface area contributed by atoms with Crippen molar-refractivity contribution in [2.75, 3.05) is 12.9 Å². The first-order chi connectivity index (χ1) is 14.0. The van der Waals surface area contributed by atoms with Crippen LogP contribution in [0.25, 0.3) is 0 Å². The van der Waals surface area contributed by atoms with Crippen LogP contribution in [0, 0.1) is 19.3 Å². The van der Waals surface area contributed by atoms with Gasteiger partial charge in [0.15, 0.2) is 0 Å². The van der Waals surface area contributed by atoms with Gasteiger partial charge in [-0.2, -0.15) is 12.6 Å². The van der Waals surface area contributed by atoms with E-state index in [2.05, 4.69) is 51.6 Å². The molecule has 30 heavy (non-hydrogen) atoms. The van der Waals surface area contributed by atoms with Gasteiger partial charge in [-0.1, -0.05) is 58.9 Å². The molecular formula is C26H40O3S. The van der Waals surface area contributed by atoms with Crippen molar-refractivity contribution >= 4 is 12.6 Å². The number of ether oxygens (including phenoxy) is 1. The summed E-state index contributed by atoms with van der Waals surface area (Å²) >= 11 is 3.53. The number of benzene rings is 2. The van der Waals surface area contributed by atoms with Gasteiger partial charge in [-0.05, 0) is 72.7 Å². The normalized spacial score (nSPS) is 12.7. The van der Waals surface area contributed by atoms with Gasteiger partial charge in [0.2, 0.25) is 0 Å². The van der Waals surface area contributed by atoms with Gasteiger partial charge in [-0.15, -0.1) is 0 Å². The van der Waals surface area contributed by atoms with E-state index in [0.29, 0.717) is 5.75 Å². The lowest BCUT2D eigenvalue weighted by Gasteiger charge is -2.34. The molecule has 2 rings (SSSR count). The minimum atomic E-state index is -0.517. The summed E-state index contributed by atoms with van der Waals surface area (Å²) in [4.78, 5) is 0. The zero-order valence-corrected chi connectivity index (χ0v) is 20.8. The van der Waals surface area contributed by atoms with Crippen LogP contribution in [0.1, 0.15) is 69.7 Å². The number of aliphatic hydroxyl groups excluding tert-OH is 1. The molecule has 0 aliphatic carbocycles. The third-order valence-electron chi connectivity index (χ3n) is 6.08. The van der Waals surface area contributed by atoms with Gasteiger partial charge in [0.25, 0.3) is 0 Å². The van der Waals surface area contributed by atoms with Gasteiger partial charge in [0, 0.05) is 5.41 Å². The Bertz CT molecular complexity index is 804.